The lowest BCUT2D eigenvalue weighted by Gasteiger charge is -2.14. The van der Waals surface area contributed by atoms with Crippen molar-refractivity contribution in [3.8, 4) is 0 Å². The van der Waals surface area contributed by atoms with Crippen LogP contribution in [0.2, 0.25) is 0 Å². The fourth-order valence-electron chi connectivity index (χ4n) is 1.90. The third kappa shape index (κ3) is 3.39. The first-order chi connectivity index (χ1) is 9.40. The van der Waals surface area contributed by atoms with E-state index in [1.54, 1.807) is 0 Å². The van der Waals surface area contributed by atoms with Crippen molar-refractivity contribution in [2.24, 2.45) is 0 Å². The van der Waals surface area contributed by atoms with Crippen LogP contribution in [-0.2, 0) is 10.0 Å². The minimum Gasteiger partial charge on any atom is -0.459 e. The molecule has 0 radical (unpaired) electrons. The molecule has 0 aliphatic rings. The fraction of sp³-hybridized carbons (Fsp3) is 0.429. The maximum Gasteiger partial charge on any atom is 0.214 e. The Labute approximate surface area is 119 Å². The summed E-state index contributed by atoms with van der Waals surface area (Å²) in [6, 6.07) is 9.75. The van der Waals surface area contributed by atoms with Gasteiger partial charge in [-0.1, -0.05) is 18.2 Å². The van der Waals surface area contributed by atoms with E-state index in [0.717, 1.165) is 16.7 Å². The van der Waals surface area contributed by atoms with Crippen LogP contribution in [0.3, 0.4) is 0 Å². The molecule has 0 amide bonds. The number of rotatable bonds is 6. The number of furan rings is 1. The standard InChI is InChI=1S/C14H20N2O3S/c1-11(15-8-9-20(17,18)16(2)3)14-10-12-6-4-5-7-13(12)19-14/h4-7,10-11,15H,8-9H2,1-3H3. The summed E-state index contributed by atoms with van der Waals surface area (Å²) in [5.41, 5.74) is 0.845. The number of nitrogens with zero attached hydrogens (tertiary/aromatic N) is 1. The van der Waals surface area contributed by atoms with Crippen LogP contribution in [-0.4, -0.2) is 39.1 Å². The monoisotopic (exact) mass is 296 g/mol. The molecule has 0 bridgehead atoms. The van der Waals surface area contributed by atoms with Gasteiger partial charge >= 0.3 is 0 Å². The maximum absolute atomic E-state index is 11.7. The Kier molecular flexibility index (Phi) is 4.47. The van der Waals surface area contributed by atoms with Crippen molar-refractivity contribution in [3.63, 3.8) is 0 Å². The molecule has 0 aliphatic carbocycles. The molecule has 6 heteroatoms. The summed E-state index contributed by atoms with van der Waals surface area (Å²) in [6.07, 6.45) is 0. The second-order valence-corrected chi connectivity index (χ2v) is 7.26. The van der Waals surface area contributed by atoms with Crippen LogP contribution in [0.25, 0.3) is 11.0 Å². The number of fused-ring (bicyclic) bond motifs is 1. The van der Waals surface area contributed by atoms with Gasteiger partial charge in [0.05, 0.1) is 11.8 Å². The highest BCUT2D eigenvalue weighted by Gasteiger charge is 2.15. The summed E-state index contributed by atoms with van der Waals surface area (Å²) in [6.45, 7) is 2.35. The first-order valence-corrected chi connectivity index (χ1v) is 8.13. The lowest BCUT2D eigenvalue weighted by molar-refractivity contribution is 0.455. The second kappa shape index (κ2) is 5.95. The minimum atomic E-state index is -3.16. The molecule has 1 unspecified atom stereocenters. The molecule has 1 heterocycles. The van der Waals surface area contributed by atoms with E-state index < -0.39 is 10.0 Å². The predicted molar refractivity (Wildman–Crippen MR) is 80.1 cm³/mol. The molecule has 0 saturated heterocycles. The molecule has 110 valence electrons. The van der Waals surface area contributed by atoms with Gasteiger partial charge in [-0.2, -0.15) is 0 Å². The van der Waals surface area contributed by atoms with Crippen LogP contribution in [0, 0.1) is 0 Å². The van der Waals surface area contributed by atoms with Gasteiger partial charge in [-0.25, -0.2) is 12.7 Å². The Bertz CT molecular complexity index is 644. The van der Waals surface area contributed by atoms with Crippen molar-refractivity contribution >= 4 is 21.0 Å². The molecule has 2 rings (SSSR count). The first-order valence-electron chi connectivity index (χ1n) is 6.52. The van der Waals surface area contributed by atoms with Crippen LogP contribution in [0.4, 0.5) is 0 Å². The van der Waals surface area contributed by atoms with Crippen LogP contribution in [0.5, 0.6) is 0 Å². The van der Waals surface area contributed by atoms with E-state index >= 15 is 0 Å². The Hall–Kier alpha value is -1.37. The third-order valence-electron chi connectivity index (χ3n) is 3.24. The highest BCUT2D eigenvalue weighted by atomic mass is 32.2. The zero-order chi connectivity index (χ0) is 14.8. The molecular formula is C14H20N2O3S. The predicted octanol–water partition coefficient (Wildman–Crippen LogP) is 1.97. The largest absolute Gasteiger partial charge is 0.459 e. The number of sulfonamides is 1. The van der Waals surface area contributed by atoms with Gasteiger partial charge in [0.1, 0.15) is 11.3 Å². The summed E-state index contributed by atoms with van der Waals surface area (Å²) < 4.78 is 30.3. The quantitative estimate of drug-likeness (QED) is 0.885. The third-order valence-corrected chi connectivity index (χ3v) is 5.07. The maximum atomic E-state index is 11.7. The van der Waals surface area contributed by atoms with Crippen LogP contribution in [0.15, 0.2) is 34.7 Å². The van der Waals surface area contributed by atoms with Crippen molar-refractivity contribution in [2.75, 3.05) is 26.4 Å². The van der Waals surface area contributed by atoms with E-state index in [4.69, 9.17) is 4.42 Å². The molecule has 1 N–H and O–H groups in total. The van der Waals surface area contributed by atoms with Crippen molar-refractivity contribution in [3.05, 3.63) is 36.1 Å². The molecule has 1 aromatic carbocycles. The molecule has 5 nitrogen and oxygen atoms in total. The molecule has 0 aliphatic heterocycles. The number of hydrogen-bond acceptors (Lipinski definition) is 4. The van der Waals surface area contributed by atoms with Gasteiger partial charge in [0, 0.05) is 26.0 Å². The number of hydrogen-bond donors (Lipinski definition) is 1. The lowest BCUT2D eigenvalue weighted by atomic mass is 10.2. The number of para-hydroxylation sites is 1. The number of benzene rings is 1. The molecule has 2 aromatic rings. The zero-order valence-electron chi connectivity index (χ0n) is 12.0. The van der Waals surface area contributed by atoms with E-state index in [9.17, 15) is 8.42 Å². The molecular weight excluding hydrogens is 276 g/mol. The highest BCUT2D eigenvalue weighted by molar-refractivity contribution is 7.89. The van der Waals surface area contributed by atoms with E-state index in [0.29, 0.717) is 6.54 Å². The minimum absolute atomic E-state index is 0.0280. The van der Waals surface area contributed by atoms with Crippen molar-refractivity contribution < 1.29 is 12.8 Å². The fourth-order valence-corrected chi connectivity index (χ4v) is 2.64. The van der Waals surface area contributed by atoms with Gasteiger partial charge in [-0.3, -0.25) is 0 Å². The van der Waals surface area contributed by atoms with Gasteiger partial charge in [-0.05, 0) is 19.1 Å². The molecule has 1 aromatic heterocycles. The number of nitrogens with one attached hydrogen (secondary N) is 1. The molecule has 20 heavy (non-hydrogen) atoms. The Morgan fingerprint density at radius 3 is 2.65 bits per heavy atom. The second-order valence-electron chi connectivity index (χ2n) is 4.96. The van der Waals surface area contributed by atoms with E-state index in [1.807, 2.05) is 37.3 Å². The van der Waals surface area contributed by atoms with Crippen LogP contribution >= 0.6 is 0 Å². The Balaban J connectivity index is 1.97. The van der Waals surface area contributed by atoms with Gasteiger partial charge in [0.2, 0.25) is 10.0 Å². The van der Waals surface area contributed by atoms with E-state index in [2.05, 4.69) is 5.32 Å². The van der Waals surface area contributed by atoms with E-state index in [1.165, 1.54) is 18.4 Å². The summed E-state index contributed by atoms with van der Waals surface area (Å²) in [4.78, 5) is 0. The van der Waals surface area contributed by atoms with E-state index in [-0.39, 0.29) is 11.8 Å². The van der Waals surface area contributed by atoms with Gasteiger partial charge < -0.3 is 9.73 Å². The smallest absolute Gasteiger partial charge is 0.214 e. The average molecular weight is 296 g/mol. The summed E-state index contributed by atoms with van der Waals surface area (Å²) >= 11 is 0. The normalized spacial score (nSPS) is 14.0. The SMILES string of the molecule is CC(NCCS(=O)(=O)N(C)C)c1cc2ccccc2o1. The highest BCUT2D eigenvalue weighted by Crippen LogP contribution is 2.23. The van der Waals surface area contributed by atoms with Gasteiger partial charge in [0.15, 0.2) is 0 Å². The van der Waals surface area contributed by atoms with Gasteiger partial charge in [0.25, 0.3) is 0 Å². The van der Waals surface area contributed by atoms with Crippen molar-refractivity contribution in [1.82, 2.24) is 9.62 Å². The van der Waals surface area contributed by atoms with Crippen LogP contribution in [0.1, 0.15) is 18.7 Å². The van der Waals surface area contributed by atoms with Gasteiger partial charge in [-0.15, -0.1) is 0 Å². The summed E-state index contributed by atoms with van der Waals surface area (Å²) in [7, 11) is -0.0811. The molecule has 0 spiro atoms. The average Bonchev–Trinajstić information content (AvgIpc) is 2.82. The Morgan fingerprint density at radius 2 is 2.00 bits per heavy atom. The summed E-state index contributed by atoms with van der Waals surface area (Å²) in [5.74, 6) is 0.887. The first kappa shape index (κ1) is 15.0. The zero-order valence-corrected chi connectivity index (χ0v) is 12.8. The topological polar surface area (TPSA) is 62.6 Å². The Morgan fingerprint density at radius 1 is 1.30 bits per heavy atom. The van der Waals surface area contributed by atoms with Crippen LogP contribution < -0.4 is 5.32 Å². The lowest BCUT2D eigenvalue weighted by Crippen LogP contribution is -2.32. The van der Waals surface area contributed by atoms with Crippen molar-refractivity contribution in [2.45, 2.75) is 13.0 Å². The van der Waals surface area contributed by atoms with Crippen molar-refractivity contribution in [1.29, 1.82) is 0 Å². The summed E-state index contributed by atoms with van der Waals surface area (Å²) in [5, 5.41) is 4.22. The molecule has 0 saturated carbocycles. The molecule has 0 fully saturated rings. The molecule has 1 atom stereocenters.